The Hall–Kier alpha value is -1.43. The first kappa shape index (κ1) is 13.0. The van der Waals surface area contributed by atoms with Gasteiger partial charge in [-0.15, -0.1) is 0 Å². The number of rotatable bonds is 4. The predicted octanol–water partition coefficient (Wildman–Crippen LogP) is 2.23. The van der Waals surface area contributed by atoms with E-state index in [1.54, 1.807) is 25.3 Å². The molecular weight excluding hydrogens is 252 g/mol. The first-order chi connectivity index (χ1) is 8.54. The van der Waals surface area contributed by atoms with E-state index in [4.69, 9.17) is 4.74 Å². The van der Waals surface area contributed by atoms with Gasteiger partial charge in [0.25, 0.3) is 10.1 Å². The minimum absolute atomic E-state index is 0.0487. The molecule has 0 aromatic heterocycles. The molecule has 5 heteroatoms. The molecule has 0 saturated carbocycles. The van der Waals surface area contributed by atoms with Crippen molar-refractivity contribution in [1.82, 2.24) is 0 Å². The minimum Gasteiger partial charge on any atom is -0.384 e. The van der Waals surface area contributed by atoms with Crippen LogP contribution in [-0.4, -0.2) is 26.7 Å². The number of fused-ring (bicyclic) bond motifs is 1. The molecule has 0 radical (unpaired) electrons. The molecule has 0 atom stereocenters. The summed E-state index contributed by atoms with van der Waals surface area (Å²) in [5, 5.41) is 0. The Morgan fingerprint density at radius 3 is 2.50 bits per heavy atom. The van der Waals surface area contributed by atoms with Crippen molar-refractivity contribution >= 4 is 10.1 Å². The van der Waals surface area contributed by atoms with Crippen molar-refractivity contribution in [1.29, 1.82) is 0 Å². The average molecular weight is 266 g/mol. The third-order valence-corrected chi connectivity index (χ3v) is 3.74. The van der Waals surface area contributed by atoms with Crippen LogP contribution in [0.2, 0.25) is 0 Å². The summed E-state index contributed by atoms with van der Waals surface area (Å²) in [6, 6.07) is 10.4. The lowest BCUT2D eigenvalue weighted by Gasteiger charge is -2.04. The van der Waals surface area contributed by atoms with Gasteiger partial charge in [0.15, 0.2) is 0 Å². The first-order valence-electron chi connectivity index (χ1n) is 5.51. The van der Waals surface area contributed by atoms with E-state index in [1.807, 2.05) is 12.1 Å². The number of hydrogen-bond acceptors (Lipinski definition) is 3. The summed E-state index contributed by atoms with van der Waals surface area (Å²) in [5.74, 6) is 0. The van der Waals surface area contributed by atoms with Gasteiger partial charge >= 0.3 is 0 Å². The quantitative estimate of drug-likeness (QED) is 0.862. The van der Waals surface area contributed by atoms with Gasteiger partial charge in [0.05, 0.1) is 6.61 Å². The van der Waals surface area contributed by atoms with Crippen molar-refractivity contribution in [3.63, 3.8) is 0 Å². The second-order valence-corrected chi connectivity index (χ2v) is 5.38. The van der Waals surface area contributed by atoms with Crippen LogP contribution in [0.1, 0.15) is 5.56 Å². The zero-order valence-electron chi connectivity index (χ0n) is 9.96. The van der Waals surface area contributed by atoms with E-state index in [2.05, 4.69) is 0 Å². The van der Waals surface area contributed by atoms with E-state index < -0.39 is 10.1 Å². The van der Waals surface area contributed by atoms with E-state index in [9.17, 15) is 13.0 Å². The second-order valence-electron chi connectivity index (χ2n) is 3.99. The molecule has 0 fully saturated rings. The summed E-state index contributed by atoms with van der Waals surface area (Å²) in [7, 11) is -2.56. The Labute approximate surface area is 106 Å². The van der Waals surface area contributed by atoms with E-state index in [0.29, 0.717) is 18.6 Å². The summed E-state index contributed by atoms with van der Waals surface area (Å²) in [4.78, 5) is -0.0487. The standard InChI is InChI=1S/C13H14O4S/c1-17-9-8-10-4-2-3-5-12-11(10)6-7-13(12)18(14,15)16/h2-7H,8-9H2,1H3,(H,14,15,16). The van der Waals surface area contributed by atoms with Crippen molar-refractivity contribution in [2.45, 2.75) is 11.3 Å². The topological polar surface area (TPSA) is 63.6 Å². The van der Waals surface area contributed by atoms with Gasteiger partial charge in [0.2, 0.25) is 0 Å². The van der Waals surface area contributed by atoms with Crippen LogP contribution in [0.4, 0.5) is 0 Å². The van der Waals surface area contributed by atoms with E-state index in [1.165, 1.54) is 6.07 Å². The molecule has 18 heavy (non-hydrogen) atoms. The molecular formula is C13H14O4S. The zero-order chi connectivity index (χ0) is 13.2. The molecule has 2 aliphatic carbocycles. The normalized spacial score (nSPS) is 11.9. The Morgan fingerprint density at radius 2 is 1.83 bits per heavy atom. The summed E-state index contributed by atoms with van der Waals surface area (Å²) < 4.78 is 36.7. The molecule has 0 aliphatic heterocycles. The molecule has 0 unspecified atom stereocenters. The Balaban J connectivity index is 2.55. The molecule has 2 rings (SSSR count). The third-order valence-electron chi connectivity index (χ3n) is 2.83. The number of methoxy groups -OCH3 is 1. The summed E-state index contributed by atoms with van der Waals surface area (Å²) in [6.45, 7) is 0.561. The van der Waals surface area contributed by atoms with Crippen molar-refractivity contribution in [3.05, 3.63) is 42.0 Å². The minimum atomic E-state index is -4.18. The number of ether oxygens (including phenoxy) is 1. The van der Waals surface area contributed by atoms with Gasteiger partial charge in [-0.1, -0.05) is 30.3 Å². The maximum Gasteiger partial charge on any atom is 0.295 e. The van der Waals surface area contributed by atoms with E-state index in [-0.39, 0.29) is 4.90 Å². The van der Waals surface area contributed by atoms with Crippen molar-refractivity contribution in [2.75, 3.05) is 13.7 Å². The van der Waals surface area contributed by atoms with Crippen LogP contribution in [0.3, 0.4) is 0 Å². The van der Waals surface area contributed by atoms with Crippen LogP contribution in [0, 0.1) is 0 Å². The Kier molecular flexibility index (Phi) is 3.65. The van der Waals surface area contributed by atoms with Gasteiger partial charge in [-0.2, -0.15) is 8.42 Å². The maximum atomic E-state index is 11.3. The number of hydrogen-bond donors (Lipinski definition) is 1. The van der Waals surface area contributed by atoms with Gasteiger partial charge in [-0.25, -0.2) is 0 Å². The molecule has 0 aromatic carbocycles. The van der Waals surface area contributed by atoms with Crippen LogP contribution in [0.5, 0.6) is 0 Å². The van der Waals surface area contributed by atoms with Gasteiger partial charge < -0.3 is 4.74 Å². The Morgan fingerprint density at radius 1 is 1.11 bits per heavy atom. The van der Waals surface area contributed by atoms with Crippen LogP contribution in [-0.2, 0) is 21.3 Å². The molecule has 96 valence electrons. The first-order valence-corrected chi connectivity index (χ1v) is 6.95. The molecule has 0 amide bonds. The highest BCUT2D eigenvalue weighted by Gasteiger charge is 2.20. The second kappa shape index (κ2) is 5.06. The smallest absolute Gasteiger partial charge is 0.295 e. The van der Waals surface area contributed by atoms with Gasteiger partial charge in [0, 0.05) is 12.7 Å². The van der Waals surface area contributed by atoms with Crippen LogP contribution < -0.4 is 0 Å². The molecule has 0 spiro atoms. The lowest BCUT2D eigenvalue weighted by Crippen LogP contribution is -1.98. The largest absolute Gasteiger partial charge is 0.384 e. The predicted molar refractivity (Wildman–Crippen MR) is 68.5 cm³/mol. The van der Waals surface area contributed by atoms with Crippen LogP contribution in [0.15, 0.2) is 41.3 Å². The lowest BCUT2D eigenvalue weighted by atomic mass is 10.1. The van der Waals surface area contributed by atoms with Gasteiger partial charge in [-0.3, -0.25) is 4.55 Å². The van der Waals surface area contributed by atoms with E-state index >= 15 is 0 Å². The summed E-state index contributed by atoms with van der Waals surface area (Å²) >= 11 is 0. The summed E-state index contributed by atoms with van der Waals surface area (Å²) in [5.41, 5.74) is 2.35. The fourth-order valence-electron chi connectivity index (χ4n) is 1.99. The molecule has 0 heterocycles. The van der Waals surface area contributed by atoms with Crippen molar-refractivity contribution in [3.8, 4) is 11.1 Å². The fraction of sp³-hybridized carbons (Fsp3) is 0.231. The van der Waals surface area contributed by atoms with Crippen molar-refractivity contribution < 1.29 is 17.7 Å². The monoisotopic (exact) mass is 266 g/mol. The van der Waals surface area contributed by atoms with E-state index in [0.717, 1.165) is 11.1 Å². The Bertz CT molecular complexity index is 619. The highest BCUT2D eigenvalue weighted by Crippen LogP contribution is 2.33. The zero-order valence-corrected chi connectivity index (χ0v) is 10.8. The van der Waals surface area contributed by atoms with Crippen LogP contribution in [0.25, 0.3) is 11.1 Å². The highest BCUT2D eigenvalue weighted by molar-refractivity contribution is 7.86. The lowest BCUT2D eigenvalue weighted by molar-refractivity contribution is 0.202. The van der Waals surface area contributed by atoms with Gasteiger partial charge in [-0.05, 0) is 23.6 Å². The fourth-order valence-corrected chi connectivity index (χ4v) is 2.69. The molecule has 4 nitrogen and oxygen atoms in total. The molecule has 2 aliphatic rings. The molecule has 0 aromatic rings. The molecule has 0 bridgehead atoms. The molecule has 1 N–H and O–H groups in total. The van der Waals surface area contributed by atoms with Gasteiger partial charge in [0.1, 0.15) is 4.90 Å². The van der Waals surface area contributed by atoms with Crippen LogP contribution >= 0.6 is 0 Å². The SMILES string of the molecule is COCCc1ccccc2c(S(=O)(=O)O)ccc1-2. The van der Waals surface area contributed by atoms with Crippen molar-refractivity contribution in [2.24, 2.45) is 0 Å². The third kappa shape index (κ3) is 2.53. The average Bonchev–Trinajstić information content (AvgIpc) is 2.63. The summed E-state index contributed by atoms with van der Waals surface area (Å²) in [6.07, 6.45) is 0.691. The highest BCUT2D eigenvalue weighted by atomic mass is 32.2. The molecule has 0 saturated heterocycles. The maximum absolute atomic E-state index is 11.3.